The van der Waals surface area contributed by atoms with Gasteiger partial charge in [0, 0.05) is 50.8 Å². The second-order valence-electron chi connectivity index (χ2n) is 12.9. The zero-order valence-corrected chi connectivity index (χ0v) is 28.8. The summed E-state index contributed by atoms with van der Waals surface area (Å²) in [6.07, 6.45) is 5.39. The van der Waals surface area contributed by atoms with E-state index >= 15 is 4.39 Å². The zero-order valence-electron chi connectivity index (χ0n) is 27.9. The van der Waals surface area contributed by atoms with Gasteiger partial charge in [0.15, 0.2) is 0 Å². The van der Waals surface area contributed by atoms with Crippen molar-refractivity contribution in [1.82, 2.24) is 30.2 Å². The van der Waals surface area contributed by atoms with Gasteiger partial charge in [-0.05, 0) is 82.4 Å². The maximum absolute atomic E-state index is 15.6. The smallest absolute Gasteiger partial charge is 0.270 e. The molecule has 0 aliphatic carbocycles. The predicted molar refractivity (Wildman–Crippen MR) is 179 cm³/mol. The molecule has 0 radical (unpaired) electrons. The Morgan fingerprint density at radius 2 is 1.70 bits per heavy atom. The van der Waals surface area contributed by atoms with Gasteiger partial charge in [-0.1, -0.05) is 19.9 Å². The number of aromatic nitrogens is 2. The van der Waals surface area contributed by atoms with Gasteiger partial charge >= 0.3 is 0 Å². The van der Waals surface area contributed by atoms with Crippen LogP contribution in [0.2, 0.25) is 0 Å². The summed E-state index contributed by atoms with van der Waals surface area (Å²) in [5.74, 6) is -2.59. The number of halogens is 1. The van der Waals surface area contributed by atoms with E-state index in [0.717, 1.165) is 38.3 Å². The molecule has 2 aliphatic rings. The molecule has 0 spiro atoms. The van der Waals surface area contributed by atoms with Crippen molar-refractivity contribution in [1.29, 1.82) is 0 Å². The van der Waals surface area contributed by atoms with E-state index in [1.54, 1.807) is 41.8 Å². The normalized spacial score (nSPS) is 20.9. The molecule has 1 aromatic carbocycles. The molecule has 2 aliphatic heterocycles. The van der Waals surface area contributed by atoms with Crippen LogP contribution in [0, 0.1) is 11.7 Å². The molecule has 11 nitrogen and oxygen atoms in total. The molecule has 1 aromatic heterocycles. The predicted octanol–water partition coefficient (Wildman–Crippen LogP) is 3.63. The highest BCUT2D eigenvalue weighted by Crippen LogP contribution is 2.41. The molecule has 46 heavy (non-hydrogen) atoms. The first-order valence-electron chi connectivity index (χ1n) is 16.3. The number of piperazine rings is 1. The quantitative estimate of drug-likeness (QED) is 0.317. The Hall–Kier alpha value is -3.37. The number of benzene rings is 1. The van der Waals surface area contributed by atoms with Crippen molar-refractivity contribution >= 4 is 37.2 Å². The van der Waals surface area contributed by atoms with Crippen LogP contribution in [0.4, 0.5) is 10.1 Å². The van der Waals surface area contributed by atoms with Crippen LogP contribution in [0.15, 0.2) is 30.5 Å². The van der Waals surface area contributed by atoms with Crippen LogP contribution in [0.25, 0.3) is 0 Å². The van der Waals surface area contributed by atoms with Gasteiger partial charge in [-0.25, -0.2) is 4.39 Å². The summed E-state index contributed by atoms with van der Waals surface area (Å²) >= 11 is 0. The van der Waals surface area contributed by atoms with Gasteiger partial charge in [-0.2, -0.15) is 5.10 Å². The Morgan fingerprint density at radius 3 is 2.30 bits per heavy atom. The minimum absolute atomic E-state index is 0.0134. The highest BCUT2D eigenvalue weighted by atomic mass is 31.1. The Kier molecular flexibility index (Phi) is 12.3. The molecule has 2 saturated heterocycles. The minimum Gasteiger partial charge on any atom is -0.344 e. The van der Waals surface area contributed by atoms with Crippen LogP contribution in [-0.4, -0.2) is 108 Å². The molecule has 3 heterocycles. The molecular weight excluding hydrogens is 608 g/mol. The number of carbonyl (C=O) groups excluding carboxylic acids is 4. The number of hydrogen-bond acceptors (Lipinski definition) is 6. The van der Waals surface area contributed by atoms with E-state index < -0.39 is 35.6 Å². The number of amides is 4. The van der Waals surface area contributed by atoms with Crippen molar-refractivity contribution in [2.24, 2.45) is 5.92 Å². The summed E-state index contributed by atoms with van der Waals surface area (Å²) in [4.78, 5) is 56.9. The summed E-state index contributed by atoms with van der Waals surface area (Å²) in [5, 5.41) is 12.8. The zero-order chi connectivity index (χ0) is 33.5. The number of hydrogen-bond donors (Lipinski definition) is 3. The van der Waals surface area contributed by atoms with Crippen LogP contribution in [0.1, 0.15) is 75.0 Å². The lowest BCUT2D eigenvalue weighted by Crippen LogP contribution is -2.55. The standard InChI is InChI=1S/C33H49FN7O4P/c1-7-28(42)37-29(33(45)40-16-14-39(5)15-17-40)22(4)24-8-9-26(25(34)20-24)36-32(44)30(23-11-18-46(6)19-12-23)38-31(43)27-10-13-35-41(27)21(2)3/h8-10,13,20-23,29-30H,7,11-12,14-19H2,1-6H3,(H,36,44)(H,37,42)(H,38,43)/t22-,23-,29+,30-,46-/m0/s1. The molecule has 0 saturated carbocycles. The van der Waals surface area contributed by atoms with Gasteiger partial charge in [0.25, 0.3) is 5.91 Å². The van der Waals surface area contributed by atoms with E-state index in [1.807, 2.05) is 20.9 Å². The monoisotopic (exact) mass is 657 g/mol. The van der Waals surface area contributed by atoms with Crippen LogP contribution in [-0.2, 0) is 14.4 Å². The van der Waals surface area contributed by atoms with Gasteiger partial charge in [0.2, 0.25) is 17.7 Å². The molecular formula is C33H49FN7O4P. The lowest BCUT2D eigenvalue weighted by molar-refractivity contribution is -0.138. The number of rotatable bonds is 11. The van der Waals surface area contributed by atoms with E-state index in [0.29, 0.717) is 24.3 Å². The van der Waals surface area contributed by atoms with E-state index in [-0.39, 0.29) is 43.8 Å². The SMILES string of the molecule is CCC(=O)N[C@@H](C(=O)N1CCN(C)CC1)[C@@H](C)c1ccc(NC(=O)[C@@H](NC(=O)c2ccnn2C(C)C)[C@H]2CC[P@](C)CC2)c(F)c1. The highest BCUT2D eigenvalue weighted by molar-refractivity contribution is 7.56. The van der Waals surface area contributed by atoms with Gasteiger partial charge in [-0.15, -0.1) is 7.92 Å². The van der Waals surface area contributed by atoms with Crippen molar-refractivity contribution < 1.29 is 23.6 Å². The fourth-order valence-corrected chi connectivity index (χ4v) is 7.87. The topological polar surface area (TPSA) is 129 Å². The summed E-state index contributed by atoms with van der Waals surface area (Å²) in [6.45, 7) is 12.2. The molecule has 3 N–H and O–H groups in total. The second kappa shape index (κ2) is 16.0. The van der Waals surface area contributed by atoms with Crippen LogP contribution < -0.4 is 16.0 Å². The van der Waals surface area contributed by atoms with E-state index in [9.17, 15) is 19.2 Å². The van der Waals surface area contributed by atoms with Crippen LogP contribution in [0.3, 0.4) is 0 Å². The van der Waals surface area contributed by atoms with E-state index in [1.165, 1.54) is 12.1 Å². The Bertz CT molecular complexity index is 1390. The van der Waals surface area contributed by atoms with Crippen LogP contribution in [0.5, 0.6) is 0 Å². The number of nitrogens with zero attached hydrogens (tertiary/aromatic N) is 4. The Labute approximate surface area is 272 Å². The molecule has 3 atom stereocenters. The first kappa shape index (κ1) is 35.5. The van der Waals surface area contributed by atoms with Crippen molar-refractivity contribution in [3.05, 3.63) is 47.5 Å². The fourth-order valence-electron chi connectivity index (χ4n) is 6.10. The maximum atomic E-state index is 15.6. The molecule has 13 heteroatoms. The van der Waals surface area contributed by atoms with Crippen molar-refractivity contribution in [2.45, 2.75) is 71.0 Å². The molecule has 2 aromatic rings. The number of nitrogens with one attached hydrogen (secondary N) is 3. The van der Waals surface area contributed by atoms with E-state index in [4.69, 9.17) is 0 Å². The largest absolute Gasteiger partial charge is 0.344 e. The lowest BCUT2D eigenvalue weighted by atomic mass is 9.91. The molecule has 0 unspecified atom stereocenters. The third-order valence-corrected chi connectivity index (χ3v) is 11.2. The summed E-state index contributed by atoms with van der Waals surface area (Å²) in [7, 11) is 1.91. The number of carbonyl (C=O) groups is 4. The molecule has 0 bridgehead atoms. The first-order chi connectivity index (χ1) is 21.9. The van der Waals surface area contributed by atoms with Crippen molar-refractivity contribution in [3.63, 3.8) is 0 Å². The second-order valence-corrected chi connectivity index (χ2v) is 15.5. The van der Waals surface area contributed by atoms with E-state index in [2.05, 4.69) is 32.6 Å². The average Bonchev–Trinajstić information content (AvgIpc) is 3.54. The lowest BCUT2D eigenvalue weighted by Gasteiger charge is -2.36. The number of likely N-dealkylation sites (N-methyl/N-ethyl adjacent to an activating group) is 1. The molecule has 4 rings (SSSR count). The first-order valence-corrected chi connectivity index (χ1v) is 18.4. The van der Waals surface area contributed by atoms with Crippen molar-refractivity contribution in [2.75, 3.05) is 57.5 Å². The maximum Gasteiger partial charge on any atom is 0.270 e. The third kappa shape index (κ3) is 8.70. The summed E-state index contributed by atoms with van der Waals surface area (Å²) in [6, 6.07) is 4.35. The van der Waals surface area contributed by atoms with Gasteiger partial charge in [0.1, 0.15) is 23.6 Å². The van der Waals surface area contributed by atoms with Crippen molar-refractivity contribution in [3.8, 4) is 0 Å². The Balaban J connectivity index is 1.52. The minimum atomic E-state index is -0.857. The molecule has 252 valence electrons. The summed E-state index contributed by atoms with van der Waals surface area (Å²) in [5.41, 5.74) is 0.872. The van der Waals surface area contributed by atoms with Gasteiger partial charge in [-0.3, -0.25) is 23.9 Å². The fraction of sp³-hybridized carbons (Fsp3) is 0.606. The average molecular weight is 658 g/mol. The third-order valence-electron chi connectivity index (χ3n) is 9.19. The molecule has 2 fully saturated rings. The summed E-state index contributed by atoms with van der Waals surface area (Å²) < 4.78 is 17.3. The highest BCUT2D eigenvalue weighted by Gasteiger charge is 2.35. The molecule has 4 amide bonds. The number of anilines is 1. The van der Waals surface area contributed by atoms with Gasteiger partial charge in [0.05, 0.1) is 5.69 Å². The van der Waals surface area contributed by atoms with Gasteiger partial charge < -0.3 is 25.8 Å². The Morgan fingerprint density at radius 1 is 1.02 bits per heavy atom. The van der Waals surface area contributed by atoms with Crippen LogP contribution >= 0.6 is 7.92 Å².